The first-order chi connectivity index (χ1) is 13.4. The van der Waals surface area contributed by atoms with E-state index in [0.29, 0.717) is 6.61 Å². The molecule has 2 rings (SSSR count). The van der Waals surface area contributed by atoms with E-state index in [2.05, 4.69) is 16.6 Å². The van der Waals surface area contributed by atoms with Crippen molar-refractivity contribution in [3.05, 3.63) is 66.5 Å². The number of rotatable bonds is 10. The van der Waals surface area contributed by atoms with Gasteiger partial charge in [-0.25, -0.2) is 17.5 Å². The number of anilines is 1. The average Bonchev–Trinajstić information content (AvgIpc) is 2.68. The van der Waals surface area contributed by atoms with Gasteiger partial charge in [0.15, 0.2) is 11.6 Å². The standard InChI is InChI=1S/C19H21FN2O5S/c1-3-10-21-28(24,25)16-7-4-14(5-8-16)19(23)22-15-6-9-18(17(20)13-15)27-12-11-26-2/h3-9,13,21H,1,10-12H2,2H3,(H,22,23). The molecular formula is C19H21FN2O5S. The summed E-state index contributed by atoms with van der Waals surface area (Å²) in [6, 6.07) is 9.41. The highest BCUT2D eigenvalue weighted by Crippen LogP contribution is 2.22. The van der Waals surface area contributed by atoms with Crippen LogP contribution in [0.2, 0.25) is 0 Å². The van der Waals surface area contributed by atoms with Crippen molar-refractivity contribution in [1.82, 2.24) is 4.72 Å². The lowest BCUT2D eigenvalue weighted by Crippen LogP contribution is -2.23. The van der Waals surface area contributed by atoms with Crippen LogP contribution in [0.3, 0.4) is 0 Å². The molecule has 0 saturated carbocycles. The fourth-order valence-electron chi connectivity index (χ4n) is 2.17. The number of ether oxygens (including phenoxy) is 2. The molecule has 0 aliphatic carbocycles. The summed E-state index contributed by atoms with van der Waals surface area (Å²) in [5.74, 6) is -1.07. The second-order valence-corrected chi connectivity index (χ2v) is 7.37. The summed E-state index contributed by atoms with van der Waals surface area (Å²) < 4.78 is 50.4. The first-order valence-electron chi connectivity index (χ1n) is 8.30. The molecule has 0 atom stereocenters. The molecule has 0 spiro atoms. The Bertz CT molecular complexity index is 930. The van der Waals surface area contributed by atoms with Crippen molar-refractivity contribution in [2.45, 2.75) is 4.90 Å². The summed E-state index contributed by atoms with van der Waals surface area (Å²) in [6.45, 7) is 4.07. The van der Waals surface area contributed by atoms with E-state index in [-0.39, 0.29) is 35.0 Å². The summed E-state index contributed by atoms with van der Waals surface area (Å²) in [5, 5.41) is 2.55. The van der Waals surface area contributed by atoms with E-state index in [9.17, 15) is 17.6 Å². The highest BCUT2D eigenvalue weighted by atomic mass is 32.2. The van der Waals surface area contributed by atoms with Crippen LogP contribution in [0.4, 0.5) is 10.1 Å². The predicted octanol–water partition coefficient (Wildman–Crippen LogP) is 2.57. The highest BCUT2D eigenvalue weighted by Gasteiger charge is 2.14. The number of methoxy groups -OCH3 is 1. The lowest BCUT2D eigenvalue weighted by molar-refractivity contribution is 0.102. The van der Waals surface area contributed by atoms with Crippen LogP contribution in [-0.2, 0) is 14.8 Å². The summed E-state index contributed by atoms with van der Waals surface area (Å²) >= 11 is 0. The van der Waals surface area contributed by atoms with Crippen molar-refractivity contribution < 1.29 is 27.1 Å². The van der Waals surface area contributed by atoms with Gasteiger partial charge in [-0.1, -0.05) is 6.08 Å². The number of carbonyl (C=O) groups is 1. The first-order valence-corrected chi connectivity index (χ1v) is 9.79. The van der Waals surface area contributed by atoms with Crippen LogP contribution in [0.25, 0.3) is 0 Å². The number of benzene rings is 2. The van der Waals surface area contributed by atoms with Crippen molar-refractivity contribution in [3.8, 4) is 5.75 Å². The molecule has 2 aromatic carbocycles. The van der Waals surface area contributed by atoms with Crippen molar-refractivity contribution in [1.29, 1.82) is 0 Å². The SMILES string of the molecule is C=CCNS(=O)(=O)c1ccc(C(=O)Nc2ccc(OCCOC)c(F)c2)cc1. The van der Waals surface area contributed by atoms with Gasteiger partial charge in [0.05, 0.1) is 11.5 Å². The topological polar surface area (TPSA) is 93.7 Å². The van der Waals surface area contributed by atoms with Gasteiger partial charge in [-0.2, -0.15) is 0 Å². The van der Waals surface area contributed by atoms with Crippen LogP contribution >= 0.6 is 0 Å². The molecule has 1 amide bonds. The van der Waals surface area contributed by atoms with Gasteiger partial charge >= 0.3 is 0 Å². The fourth-order valence-corrected chi connectivity index (χ4v) is 3.17. The third kappa shape index (κ3) is 5.88. The lowest BCUT2D eigenvalue weighted by Gasteiger charge is -2.10. The van der Waals surface area contributed by atoms with Crippen molar-refractivity contribution >= 4 is 21.6 Å². The maximum absolute atomic E-state index is 14.0. The molecule has 0 saturated heterocycles. The first kappa shape index (κ1) is 21.5. The Labute approximate surface area is 163 Å². The zero-order valence-electron chi connectivity index (χ0n) is 15.3. The number of amides is 1. The lowest BCUT2D eigenvalue weighted by atomic mass is 10.2. The minimum absolute atomic E-state index is 0.0227. The Morgan fingerprint density at radius 1 is 1.18 bits per heavy atom. The third-order valence-corrected chi connectivity index (χ3v) is 5.02. The minimum atomic E-state index is -3.67. The molecule has 0 bridgehead atoms. The monoisotopic (exact) mass is 408 g/mol. The normalized spacial score (nSPS) is 11.1. The molecule has 0 fully saturated rings. The largest absolute Gasteiger partial charge is 0.488 e. The molecule has 2 aromatic rings. The van der Waals surface area contributed by atoms with Gasteiger partial charge in [0.2, 0.25) is 10.0 Å². The van der Waals surface area contributed by atoms with Crippen LogP contribution in [0.1, 0.15) is 10.4 Å². The maximum Gasteiger partial charge on any atom is 0.255 e. The van der Waals surface area contributed by atoms with Crippen LogP contribution in [0, 0.1) is 5.82 Å². The van der Waals surface area contributed by atoms with E-state index in [1.165, 1.54) is 49.6 Å². The predicted molar refractivity (Wildman–Crippen MR) is 104 cm³/mol. The van der Waals surface area contributed by atoms with E-state index in [1.54, 1.807) is 0 Å². The highest BCUT2D eigenvalue weighted by molar-refractivity contribution is 7.89. The molecule has 0 heterocycles. The smallest absolute Gasteiger partial charge is 0.255 e. The maximum atomic E-state index is 14.0. The Morgan fingerprint density at radius 3 is 2.50 bits per heavy atom. The molecule has 28 heavy (non-hydrogen) atoms. The molecule has 0 radical (unpaired) electrons. The zero-order valence-corrected chi connectivity index (χ0v) is 16.1. The van der Waals surface area contributed by atoms with Crippen LogP contribution in [0.15, 0.2) is 60.0 Å². The van der Waals surface area contributed by atoms with Crippen molar-refractivity contribution in [2.24, 2.45) is 0 Å². The molecule has 0 aromatic heterocycles. The van der Waals surface area contributed by atoms with Crippen LogP contribution < -0.4 is 14.8 Å². The molecule has 0 unspecified atom stereocenters. The van der Waals surface area contributed by atoms with E-state index in [0.717, 1.165) is 6.07 Å². The van der Waals surface area contributed by atoms with Crippen LogP contribution in [-0.4, -0.2) is 41.2 Å². The number of hydrogen-bond donors (Lipinski definition) is 2. The Morgan fingerprint density at radius 2 is 1.89 bits per heavy atom. The molecule has 0 aliphatic rings. The summed E-state index contributed by atoms with van der Waals surface area (Å²) in [5.41, 5.74) is 0.467. The van der Waals surface area contributed by atoms with E-state index >= 15 is 0 Å². The van der Waals surface area contributed by atoms with Gasteiger partial charge in [-0.05, 0) is 36.4 Å². The number of sulfonamides is 1. The van der Waals surface area contributed by atoms with Crippen molar-refractivity contribution in [2.75, 3.05) is 32.2 Å². The minimum Gasteiger partial charge on any atom is -0.488 e. The zero-order chi connectivity index (χ0) is 20.6. The van der Waals surface area contributed by atoms with E-state index < -0.39 is 21.7 Å². The second kappa shape index (κ2) is 9.98. The Kier molecular flexibility index (Phi) is 7.68. The van der Waals surface area contributed by atoms with Gasteiger partial charge in [-0.3, -0.25) is 4.79 Å². The number of halogens is 1. The van der Waals surface area contributed by atoms with Crippen molar-refractivity contribution in [3.63, 3.8) is 0 Å². The Hall–Kier alpha value is -2.75. The fraction of sp³-hybridized carbons (Fsp3) is 0.211. The summed E-state index contributed by atoms with van der Waals surface area (Å²) in [7, 11) is -2.16. The number of carbonyl (C=O) groups excluding carboxylic acids is 1. The quantitative estimate of drug-likeness (QED) is 0.466. The van der Waals surface area contributed by atoms with Gasteiger partial charge in [-0.15, -0.1) is 6.58 Å². The molecule has 150 valence electrons. The van der Waals surface area contributed by atoms with Crippen LogP contribution in [0.5, 0.6) is 5.75 Å². The number of nitrogens with one attached hydrogen (secondary N) is 2. The number of hydrogen-bond acceptors (Lipinski definition) is 5. The summed E-state index contributed by atoms with van der Waals surface area (Å²) in [6.07, 6.45) is 1.42. The van der Waals surface area contributed by atoms with E-state index in [1.807, 2.05) is 0 Å². The van der Waals surface area contributed by atoms with Gasteiger partial charge in [0.1, 0.15) is 6.61 Å². The molecule has 7 nitrogen and oxygen atoms in total. The van der Waals surface area contributed by atoms with Gasteiger partial charge in [0, 0.05) is 31.0 Å². The Balaban J connectivity index is 2.04. The molecule has 2 N–H and O–H groups in total. The van der Waals surface area contributed by atoms with Gasteiger partial charge < -0.3 is 14.8 Å². The molecule has 0 aliphatic heterocycles. The summed E-state index contributed by atoms with van der Waals surface area (Å²) in [4.78, 5) is 12.3. The third-order valence-electron chi connectivity index (χ3n) is 3.58. The van der Waals surface area contributed by atoms with E-state index in [4.69, 9.17) is 9.47 Å². The second-order valence-electron chi connectivity index (χ2n) is 5.61. The van der Waals surface area contributed by atoms with Gasteiger partial charge in [0.25, 0.3) is 5.91 Å². The molecular weight excluding hydrogens is 387 g/mol. The molecule has 9 heteroatoms. The average molecular weight is 408 g/mol.